The molecule has 0 radical (unpaired) electrons. The molecule has 0 aliphatic heterocycles. The standard InChI is InChI=1S/C13H26N2O2.ClH/c1-2-17-11-7-6-10-15-12(16)13(14)8-4-3-5-9-13;/h2-11,14H2,1H3,(H,15,16);1H. The third kappa shape index (κ3) is 6.03. The molecular formula is C13H27ClN2O2. The number of halogens is 1. The molecule has 5 heteroatoms. The summed E-state index contributed by atoms with van der Waals surface area (Å²) in [6, 6.07) is 0. The van der Waals surface area contributed by atoms with Gasteiger partial charge in [-0.25, -0.2) is 0 Å². The summed E-state index contributed by atoms with van der Waals surface area (Å²) in [7, 11) is 0. The van der Waals surface area contributed by atoms with Crippen LogP contribution in [0.4, 0.5) is 0 Å². The van der Waals surface area contributed by atoms with Crippen molar-refractivity contribution in [2.45, 2.75) is 57.4 Å². The number of carbonyl (C=O) groups is 1. The van der Waals surface area contributed by atoms with Gasteiger partial charge in [-0.15, -0.1) is 12.4 Å². The topological polar surface area (TPSA) is 64.3 Å². The van der Waals surface area contributed by atoms with Crippen LogP contribution in [0.15, 0.2) is 0 Å². The number of rotatable bonds is 7. The van der Waals surface area contributed by atoms with Crippen molar-refractivity contribution in [2.24, 2.45) is 5.73 Å². The maximum atomic E-state index is 11.9. The molecule has 0 atom stereocenters. The van der Waals surface area contributed by atoms with E-state index in [0.29, 0.717) is 6.54 Å². The third-order valence-electron chi connectivity index (χ3n) is 3.40. The molecule has 3 N–H and O–H groups in total. The predicted molar refractivity (Wildman–Crippen MR) is 76.0 cm³/mol. The number of amides is 1. The lowest BCUT2D eigenvalue weighted by molar-refractivity contribution is -0.127. The average Bonchev–Trinajstić information content (AvgIpc) is 2.34. The smallest absolute Gasteiger partial charge is 0.240 e. The molecule has 0 aromatic heterocycles. The summed E-state index contributed by atoms with van der Waals surface area (Å²) < 4.78 is 5.24. The van der Waals surface area contributed by atoms with Gasteiger partial charge in [0.05, 0.1) is 5.54 Å². The van der Waals surface area contributed by atoms with Gasteiger partial charge in [-0.05, 0) is 32.6 Å². The third-order valence-corrected chi connectivity index (χ3v) is 3.40. The van der Waals surface area contributed by atoms with E-state index < -0.39 is 5.54 Å². The fourth-order valence-corrected chi connectivity index (χ4v) is 2.26. The van der Waals surface area contributed by atoms with Crippen LogP contribution in [-0.2, 0) is 9.53 Å². The fourth-order valence-electron chi connectivity index (χ4n) is 2.26. The largest absolute Gasteiger partial charge is 0.382 e. The second-order valence-electron chi connectivity index (χ2n) is 4.88. The van der Waals surface area contributed by atoms with E-state index in [9.17, 15) is 4.79 Å². The van der Waals surface area contributed by atoms with Crippen LogP contribution in [0.1, 0.15) is 51.9 Å². The minimum Gasteiger partial charge on any atom is -0.382 e. The molecule has 108 valence electrons. The molecule has 1 rings (SSSR count). The van der Waals surface area contributed by atoms with Crippen molar-refractivity contribution in [3.63, 3.8) is 0 Å². The summed E-state index contributed by atoms with van der Waals surface area (Å²) in [5.74, 6) is 0.0357. The van der Waals surface area contributed by atoms with Crippen molar-refractivity contribution >= 4 is 18.3 Å². The normalized spacial score (nSPS) is 17.9. The molecule has 0 saturated heterocycles. The number of ether oxygens (including phenoxy) is 1. The highest BCUT2D eigenvalue weighted by Crippen LogP contribution is 2.25. The highest BCUT2D eigenvalue weighted by molar-refractivity contribution is 5.86. The van der Waals surface area contributed by atoms with E-state index >= 15 is 0 Å². The molecule has 1 aliphatic rings. The molecule has 0 unspecified atom stereocenters. The van der Waals surface area contributed by atoms with Crippen LogP contribution in [0.2, 0.25) is 0 Å². The van der Waals surface area contributed by atoms with Gasteiger partial charge in [0.2, 0.25) is 5.91 Å². The van der Waals surface area contributed by atoms with E-state index in [1.807, 2.05) is 6.92 Å². The zero-order chi connectivity index (χ0) is 12.6. The summed E-state index contributed by atoms with van der Waals surface area (Å²) in [5, 5.41) is 2.95. The van der Waals surface area contributed by atoms with Crippen LogP contribution in [0, 0.1) is 0 Å². The molecule has 0 spiro atoms. The van der Waals surface area contributed by atoms with Crippen LogP contribution < -0.4 is 11.1 Å². The Labute approximate surface area is 116 Å². The van der Waals surface area contributed by atoms with Crippen LogP contribution in [0.25, 0.3) is 0 Å². The van der Waals surface area contributed by atoms with Gasteiger partial charge < -0.3 is 15.8 Å². The number of carbonyl (C=O) groups excluding carboxylic acids is 1. The van der Waals surface area contributed by atoms with Crippen molar-refractivity contribution in [3.8, 4) is 0 Å². The lowest BCUT2D eigenvalue weighted by atomic mass is 9.82. The van der Waals surface area contributed by atoms with Gasteiger partial charge in [0, 0.05) is 19.8 Å². The van der Waals surface area contributed by atoms with Crippen molar-refractivity contribution in [3.05, 3.63) is 0 Å². The molecule has 0 bridgehead atoms. The van der Waals surface area contributed by atoms with Crippen LogP contribution in [-0.4, -0.2) is 31.2 Å². The van der Waals surface area contributed by atoms with Crippen molar-refractivity contribution in [1.29, 1.82) is 0 Å². The Balaban J connectivity index is 0.00000289. The second kappa shape index (κ2) is 9.59. The Bertz CT molecular complexity index is 231. The first-order chi connectivity index (χ1) is 8.19. The van der Waals surface area contributed by atoms with E-state index in [2.05, 4.69) is 5.32 Å². The molecule has 0 aromatic rings. The number of nitrogens with two attached hydrogens (primary N) is 1. The Morgan fingerprint density at radius 2 is 1.94 bits per heavy atom. The number of nitrogens with one attached hydrogen (secondary N) is 1. The Morgan fingerprint density at radius 3 is 2.56 bits per heavy atom. The molecule has 18 heavy (non-hydrogen) atoms. The maximum Gasteiger partial charge on any atom is 0.240 e. The maximum absolute atomic E-state index is 11.9. The fraction of sp³-hybridized carbons (Fsp3) is 0.923. The highest BCUT2D eigenvalue weighted by atomic mass is 35.5. The van der Waals surface area contributed by atoms with E-state index in [1.54, 1.807) is 0 Å². The minimum atomic E-state index is -0.599. The first-order valence-electron chi connectivity index (χ1n) is 6.84. The van der Waals surface area contributed by atoms with Crippen LogP contribution >= 0.6 is 12.4 Å². The Kier molecular flexibility index (Phi) is 9.42. The molecule has 1 saturated carbocycles. The van der Waals surface area contributed by atoms with Crippen molar-refractivity contribution < 1.29 is 9.53 Å². The summed E-state index contributed by atoms with van der Waals surface area (Å²) in [6.45, 7) is 4.24. The summed E-state index contributed by atoms with van der Waals surface area (Å²) in [6.07, 6.45) is 6.98. The lowest BCUT2D eigenvalue weighted by Gasteiger charge is -2.31. The van der Waals surface area contributed by atoms with E-state index in [4.69, 9.17) is 10.5 Å². The molecule has 1 aliphatic carbocycles. The lowest BCUT2D eigenvalue weighted by Crippen LogP contribution is -2.55. The van der Waals surface area contributed by atoms with Gasteiger partial charge in [0.15, 0.2) is 0 Å². The molecule has 0 heterocycles. The number of hydrogen-bond donors (Lipinski definition) is 2. The minimum absolute atomic E-state index is 0. The highest BCUT2D eigenvalue weighted by Gasteiger charge is 2.34. The molecule has 1 fully saturated rings. The quantitative estimate of drug-likeness (QED) is 0.700. The zero-order valence-electron chi connectivity index (χ0n) is 11.4. The van der Waals surface area contributed by atoms with Crippen LogP contribution in [0.5, 0.6) is 0 Å². The van der Waals surface area contributed by atoms with Gasteiger partial charge in [-0.2, -0.15) is 0 Å². The summed E-state index contributed by atoms with van der Waals surface area (Å²) in [4.78, 5) is 11.9. The number of hydrogen-bond acceptors (Lipinski definition) is 3. The monoisotopic (exact) mass is 278 g/mol. The average molecular weight is 279 g/mol. The van der Waals surface area contributed by atoms with Crippen LogP contribution in [0.3, 0.4) is 0 Å². The summed E-state index contributed by atoms with van der Waals surface area (Å²) in [5.41, 5.74) is 5.53. The van der Waals surface area contributed by atoms with Gasteiger partial charge >= 0.3 is 0 Å². The van der Waals surface area contributed by atoms with Gasteiger partial charge in [0.1, 0.15) is 0 Å². The van der Waals surface area contributed by atoms with Gasteiger partial charge in [0.25, 0.3) is 0 Å². The molecule has 0 aromatic carbocycles. The first kappa shape index (κ1) is 17.7. The predicted octanol–water partition coefficient (Wildman–Crippen LogP) is 2.00. The second-order valence-corrected chi connectivity index (χ2v) is 4.88. The Hall–Kier alpha value is -0.320. The van der Waals surface area contributed by atoms with E-state index in [1.165, 1.54) is 6.42 Å². The van der Waals surface area contributed by atoms with E-state index in [-0.39, 0.29) is 18.3 Å². The zero-order valence-corrected chi connectivity index (χ0v) is 12.2. The van der Waals surface area contributed by atoms with Crippen molar-refractivity contribution in [2.75, 3.05) is 19.8 Å². The van der Waals surface area contributed by atoms with Gasteiger partial charge in [-0.3, -0.25) is 4.79 Å². The Morgan fingerprint density at radius 1 is 1.28 bits per heavy atom. The molecular weight excluding hydrogens is 252 g/mol. The molecule has 4 nitrogen and oxygen atoms in total. The number of unbranched alkanes of at least 4 members (excludes halogenated alkanes) is 1. The summed E-state index contributed by atoms with van der Waals surface area (Å²) >= 11 is 0. The first-order valence-corrected chi connectivity index (χ1v) is 6.84. The molecule has 1 amide bonds. The SMILES string of the molecule is CCOCCCCNC(=O)C1(N)CCCCC1.Cl. The van der Waals surface area contributed by atoms with Gasteiger partial charge in [-0.1, -0.05) is 19.3 Å². The van der Waals surface area contributed by atoms with E-state index in [0.717, 1.165) is 51.7 Å². The van der Waals surface area contributed by atoms with Crippen molar-refractivity contribution in [1.82, 2.24) is 5.32 Å².